The van der Waals surface area contributed by atoms with E-state index in [1.165, 1.54) is 0 Å². The van der Waals surface area contributed by atoms with Gasteiger partial charge in [-0.1, -0.05) is 13.8 Å². The highest BCUT2D eigenvalue weighted by atomic mass is 16.2. The Kier molecular flexibility index (Phi) is 5.02. The molecule has 1 amide bonds. The predicted octanol–water partition coefficient (Wildman–Crippen LogP) is 1.19. The van der Waals surface area contributed by atoms with Crippen molar-refractivity contribution >= 4 is 11.6 Å². The number of piperidine rings is 1. The second-order valence-electron chi connectivity index (χ2n) is 7.25. The predicted molar refractivity (Wildman–Crippen MR) is 91.4 cm³/mol. The van der Waals surface area contributed by atoms with Gasteiger partial charge in [0, 0.05) is 52.5 Å². The molecule has 2 fully saturated rings. The van der Waals surface area contributed by atoms with E-state index in [9.17, 15) is 4.79 Å². The van der Waals surface area contributed by atoms with E-state index < -0.39 is 0 Å². The van der Waals surface area contributed by atoms with E-state index in [-0.39, 0.29) is 11.9 Å². The first-order chi connectivity index (χ1) is 11.0. The van der Waals surface area contributed by atoms with E-state index in [0.717, 1.165) is 57.8 Å². The van der Waals surface area contributed by atoms with Gasteiger partial charge in [-0.2, -0.15) is 5.10 Å². The molecule has 0 N–H and O–H groups in total. The van der Waals surface area contributed by atoms with Crippen molar-refractivity contribution in [3.63, 3.8) is 0 Å². The summed E-state index contributed by atoms with van der Waals surface area (Å²) in [4.78, 5) is 19.8. The lowest BCUT2D eigenvalue weighted by molar-refractivity contribution is -0.126. The zero-order chi connectivity index (χ0) is 16.4. The number of aryl methyl sites for hydroxylation is 1. The van der Waals surface area contributed by atoms with Crippen LogP contribution in [0.5, 0.6) is 0 Å². The molecule has 2 aliphatic heterocycles. The van der Waals surface area contributed by atoms with Gasteiger partial charge in [0.1, 0.15) is 0 Å². The molecule has 0 spiro atoms. The van der Waals surface area contributed by atoms with Crippen LogP contribution in [0.15, 0.2) is 12.4 Å². The lowest BCUT2D eigenvalue weighted by atomic mass is 10.0. The summed E-state index contributed by atoms with van der Waals surface area (Å²) in [5.74, 6) is 0.959. The number of carbonyl (C=O) groups excluding carboxylic acids is 1. The Labute approximate surface area is 139 Å². The van der Waals surface area contributed by atoms with Crippen LogP contribution < -0.4 is 4.90 Å². The molecule has 0 aromatic carbocycles. The maximum absolute atomic E-state index is 12.9. The minimum atomic E-state index is 0.0464. The normalized spacial score (nSPS) is 24.6. The fourth-order valence-corrected chi connectivity index (χ4v) is 3.77. The minimum Gasteiger partial charge on any atom is -0.308 e. The van der Waals surface area contributed by atoms with Crippen LogP contribution in [-0.2, 0) is 11.8 Å². The molecule has 0 bridgehead atoms. The third-order valence-electron chi connectivity index (χ3n) is 4.88. The lowest BCUT2D eigenvalue weighted by Gasteiger charge is -2.42. The van der Waals surface area contributed by atoms with Gasteiger partial charge in [-0.15, -0.1) is 0 Å². The number of amides is 1. The number of anilines is 1. The Morgan fingerprint density at radius 2 is 1.96 bits per heavy atom. The van der Waals surface area contributed by atoms with E-state index in [4.69, 9.17) is 0 Å². The molecule has 3 heterocycles. The Morgan fingerprint density at radius 1 is 1.22 bits per heavy atom. The molecule has 0 unspecified atom stereocenters. The fraction of sp³-hybridized carbons (Fsp3) is 0.765. The first kappa shape index (κ1) is 16.5. The summed E-state index contributed by atoms with van der Waals surface area (Å²) in [5, 5.41) is 4.20. The number of hydrogen-bond acceptors (Lipinski definition) is 4. The summed E-state index contributed by atoms with van der Waals surface area (Å²) < 4.78 is 1.76. The molecule has 128 valence electrons. The highest BCUT2D eigenvalue weighted by molar-refractivity contribution is 5.97. The Bertz CT molecular complexity index is 533. The van der Waals surface area contributed by atoms with Crippen LogP contribution in [0.3, 0.4) is 0 Å². The highest BCUT2D eigenvalue weighted by Crippen LogP contribution is 2.24. The third kappa shape index (κ3) is 3.75. The van der Waals surface area contributed by atoms with Crippen molar-refractivity contribution in [2.45, 2.75) is 32.7 Å². The maximum atomic E-state index is 12.9. The highest BCUT2D eigenvalue weighted by Gasteiger charge is 2.35. The molecule has 23 heavy (non-hydrogen) atoms. The molecule has 2 saturated heterocycles. The average Bonchev–Trinajstić information content (AvgIpc) is 2.94. The quantitative estimate of drug-likeness (QED) is 0.836. The summed E-state index contributed by atoms with van der Waals surface area (Å²) in [6, 6.07) is 0.0464. The van der Waals surface area contributed by atoms with Crippen molar-refractivity contribution in [1.82, 2.24) is 19.6 Å². The first-order valence-electron chi connectivity index (χ1n) is 8.81. The summed E-state index contributed by atoms with van der Waals surface area (Å²) in [6.45, 7) is 10.7. The summed E-state index contributed by atoms with van der Waals surface area (Å²) >= 11 is 0. The molecule has 1 aromatic rings. The van der Waals surface area contributed by atoms with Crippen LogP contribution in [0.4, 0.5) is 5.69 Å². The van der Waals surface area contributed by atoms with Crippen molar-refractivity contribution in [3.8, 4) is 0 Å². The standard InChI is InChI=1S/C17H29N5O/c1-14(2)12-20-7-9-21(10-8-20)16-5-4-6-22(17(16)23)15-11-18-19(3)13-15/h11,13-14,16H,4-10,12H2,1-3H3/t16-/m1/s1. The van der Waals surface area contributed by atoms with Gasteiger partial charge in [0.05, 0.1) is 17.9 Å². The largest absolute Gasteiger partial charge is 0.308 e. The van der Waals surface area contributed by atoms with E-state index >= 15 is 0 Å². The zero-order valence-corrected chi connectivity index (χ0v) is 14.6. The topological polar surface area (TPSA) is 44.6 Å². The number of aromatic nitrogens is 2. The monoisotopic (exact) mass is 319 g/mol. The summed E-state index contributed by atoms with van der Waals surface area (Å²) in [7, 11) is 1.89. The van der Waals surface area contributed by atoms with Crippen LogP contribution in [-0.4, -0.2) is 70.8 Å². The van der Waals surface area contributed by atoms with Crippen LogP contribution in [0.1, 0.15) is 26.7 Å². The molecule has 0 aliphatic carbocycles. The average molecular weight is 319 g/mol. The van der Waals surface area contributed by atoms with Gasteiger partial charge < -0.3 is 9.80 Å². The third-order valence-corrected chi connectivity index (χ3v) is 4.88. The van der Waals surface area contributed by atoms with E-state index in [1.807, 2.05) is 18.1 Å². The molecule has 6 nitrogen and oxygen atoms in total. The molecular formula is C17H29N5O. The summed E-state index contributed by atoms with van der Waals surface area (Å²) in [5.41, 5.74) is 0.931. The molecule has 3 rings (SSSR count). The SMILES string of the molecule is CC(C)CN1CCN([C@@H]2CCCN(c3cnn(C)c3)C2=O)CC1. The van der Waals surface area contributed by atoms with Gasteiger partial charge in [-0.05, 0) is 18.8 Å². The first-order valence-corrected chi connectivity index (χ1v) is 8.81. The molecule has 0 saturated carbocycles. The Balaban J connectivity index is 1.61. The zero-order valence-electron chi connectivity index (χ0n) is 14.6. The Hall–Kier alpha value is -1.40. The van der Waals surface area contributed by atoms with Crippen molar-refractivity contribution in [2.24, 2.45) is 13.0 Å². The van der Waals surface area contributed by atoms with E-state index in [0.29, 0.717) is 5.92 Å². The molecular weight excluding hydrogens is 290 g/mol. The van der Waals surface area contributed by atoms with E-state index in [1.54, 1.807) is 10.9 Å². The van der Waals surface area contributed by atoms with Crippen molar-refractivity contribution < 1.29 is 4.79 Å². The molecule has 0 radical (unpaired) electrons. The van der Waals surface area contributed by atoms with Gasteiger partial charge in [0.25, 0.3) is 0 Å². The Morgan fingerprint density at radius 3 is 2.57 bits per heavy atom. The van der Waals surface area contributed by atoms with Gasteiger partial charge in [0.2, 0.25) is 5.91 Å². The van der Waals surface area contributed by atoms with Crippen LogP contribution in [0.2, 0.25) is 0 Å². The van der Waals surface area contributed by atoms with Crippen molar-refractivity contribution in [3.05, 3.63) is 12.4 Å². The molecule has 1 aromatic heterocycles. The van der Waals surface area contributed by atoms with Gasteiger partial charge in [-0.3, -0.25) is 14.4 Å². The van der Waals surface area contributed by atoms with Gasteiger partial charge >= 0.3 is 0 Å². The molecule has 6 heteroatoms. The maximum Gasteiger partial charge on any atom is 0.244 e. The summed E-state index contributed by atoms with van der Waals surface area (Å²) in [6.07, 6.45) is 5.78. The van der Waals surface area contributed by atoms with Gasteiger partial charge in [0.15, 0.2) is 0 Å². The molecule has 2 aliphatic rings. The lowest BCUT2D eigenvalue weighted by Crippen LogP contribution is -2.58. The van der Waals surface area contributed by atoms with Crippen LogP contribution in [0, 0.1) is 5.92 Å². The molecule has 1 atom stereocenters. The number of carbonyl (C=O) groups is 1. The number of piperazine rings is 1. The smallest absolute Gasteiger partial charge is 0.244 e. The number of hydrogen-bond donors (Lipinski definition) is 0. The van der Waals surface area contributed by atoms with Crippen LogP contribution >= 0.6 is 0 Å². The van der Waals surface area contributed by atoms with E-state index in [2.05, 4.69) is 28.7 Å². The van der Waals surface area contributed by atoms with Crippen molar-refractivity contribution in [1.29, 1.82) is 0 Å². The fourth-order valence-electron chi connectivity index (χ4n) is 3.77. The van der Waals surface area contributed by atoms with Gasteiger partial charge in [-0.25, -0.2) is 0 Å². The second-order valence-corrected chi connectivity index (χ2v) is 7.25. The van der Waals surface area contributed by atoms with Crippen molar-refractivity contribution in [2.75, 3.05) is 44.2 Å². The number of rotatable bonds is 4. The second kappa shape index (κ2) is 7.01. The minimum absolute atomic E-state index is 0.0464. The number of nitrogens with zero attached hydrogens (tertiary/aromatic N) is 5. The van der Waals surface area contributed by atoms with Crippen LogP contribution in [0.25, 0.3) is 0 Å².